The van der Waals surface area contributed by atoms with Crippen molar-refractivity contribution in [3.05, 3.63) is 149 Å². The predicted molar refractivity (Wildman–Crippen MR) is 220 cm³/mol. The monoisotopic (exact) mass is 945 g/mol. The maximum Gasteiger partial charge on any atom is 0.124 e. The van der Waals surface area contributed by atoms with Gasteiger partial charge in [-0.05, 0) is 150 Å². The van der Waals surface area contributed by atoms with Gasteiger partial charge in [0, 0.05) is 0 Å². The largest absolute Gasteiger partial charge is 0.744 e. The van der Waals surface area contributed by atoms with Crippen LogP contribution >= 0.6 is 0 Å². The summed E-state index contributed by atoms with van der Waals surface area (Å²) in [5.74, 6) is -2.00. The van der Waals surface area contributed by atoms with Crippen LogP contribution in [0.15, 0.2) is 146 Å². The van der Waals surface area contributed by atoms with Crippen molar-refractivity contribution in [1.82, 2.24) is 0 Å². The van der Waals surface area contributed by atoms with Crippen molar-refractivity contribution in [3.63, 3.8) is 0 Å². The van der Waals surface area contributed by atoms with E-state index in [-0.39, 0.29) is 24.7 Å². The molecule has 0 spiro atoms. The Morgan fingerprint density at radius 2 is 0.516 bits per heavy atom. The van der Waals surface area contributed by atoms with E-state index < -0.39 is 92.8 Å². The molecule has 5 aromatic carbocycles. The first-order chi connectivity index (χ1) is 28.7. The summed E-state index contributed by atoms with van der Waals surface area (Å²) in [5.41, 5.74) is 3.16. The third kappa shape index (κ3) is 12.9. The van der Waals surface area contributed by atoms with Gasteiger partial charge in [-0.25, -0.2) is 42.1 Å². The Kier molecular flexibility index (Phi) is 15.1. The number of benzene rings is 5. The van der Waals surface area contributed by atoms with E-state index in [4.69, 9.17) is 0 Å². The first-order valence-corrected chi connectivity index (χ1v) is 26.1. The fourth-order valence-electron chi connectivity index (χ4n) is 7.83. The second kappa shape index (κ2) is 19.2. The van der Waals surface area contributed by atoms with Crippen molar-refractivity contribution in [2.45, 2.75) is 100 Å². The summed E-state index contributed by atoms with van der Waals surface area (Å²) in [6, 6.07) is 26.9. The van der Waals surface area contributed by atoms with E-state index in [0.717, 1.165) is 0 Å². The van der Waals surface area contributed by atoms with Gasteiger partial charge in [0.15, 0.2) is 0 Å². The average molecular weight is 946 g/mol. The molecule has 0 heterocycles. The molecule has 0 aliphatic heterocycles. The molecule has 5 unspecified atom stereocenters. The highest BCUT2D eigenvalue weighted by molar-refractivity contribution is 7.86. The van der Waals surface area contributed by atoms with Crippen molar-refractivity contribution in [2.24, 2.45) is 0 Å². The quantitative estimate of drug-likeness (QED) is 0.0808. The van der Waals surface area contributed by atoms with Crippen LogP contribution in [0.2, 0.25) is 0 Å². The molecule has 0 saturated heterocycles. The molecule has 5 aromatic rings. The summed E-state index contributed by atoms with van der Waals surface area (Å²) < 4.78 is 177. The van der Waals surface area contributed by atoms with Gasteiger partial charge in [-0.15, -0.1) is 0 Å². The van der Waals surface area contributed by atoms with Crippen molar-refractivity contribution in [3.8, 4) is 0 Å². The SMILES string of the molecule is CCC(CC(CC(CC(CC(C)c1ccc(S(=O)(=O)[O-])cc1)c1ccc(S(=O)(=O)[O-])cc1)c1ccc(S(=O)(=O)[O-])cc1)c1ccc(S(=O)(=O)[O-])cc1)c1ccc(S(=O)(=O)[O-])cc1. The molecule has 0 fully saturated rings. The van der Waals surface area contributed by atoms with Gasteiger partial charge in [-0.1, -0.05) is 74.5 Å². The third-order valence-corrected chi connectivity index (χ3v) is 15.4. The van der Waals surface area contributed by atoms with Gasteiger partial charge in [0.25, 0.3) is 0 Å². The van der Waals surface area contributed by atoms with Crippen LogP contribution in [0, 0.1) is 0 Å². The fourth-order valence-corrected chi connectivity index (χ4v) is 10.2. The molecule has 0 radical (unpaired) electrons. The lowest BCUT2D eigenvalue weighted by atomic mass is 9.73. The van der Waals surface area contributed by atoms with E-state index >= 15 is 0 Å². The molecule has 20 heteroatoms. The van der Waals surface area contributed by atoms with Crippen molar-refractivity contribution >= 4 is 50.6 Å². The van der Waals surface area contributed by atoms with Crippen LogP contribution in [0.5, 0.6) is 0 Å². The molecule has 0 saturated carbocycles. The predicted octanol–water partition coefficient (Wildman–Crippen LogP) is 6.42. The minimum Gasteiger partial charge on any atom is -0.744 e. The van der Waals surface area contributed by atoms with Crippen LogP contribution in [0.3, 0.4) is 0 Å². The van der Waals surface area contributed by atoms with Gasteiger partial charge in [-0.2, -0.15) is 0 Å². The lowest BCUT2D eigenvalue weighted by molar-refractivity contribution is 0.406. The highest BCUT2D eigenvalue weighted by atomic mass is 32.2. The molecule has 5 atom stereocenters. The van der Waals surface area contributed by atoms with Crippen LogP contribution < -0.4 is 0 Å². The minimum atomic E-state index is -4.84. The summed E-state index contributed by atoms with van der Waals surface area (Å²) in [6.07, 6.45) is 1.75. The van der Waals surface area contributed by atoms with E-state index in [9.17, 15) is 64.9 Å². The smallest absolute Gasteiger partial charge is 0.124 e. The maximum atomic E-state index is 11.9. The van der Waals surface area contributed by atoms with Crippen LogP contribution in [-0.4, -0.2) is 64.9 Å². The zero-order chi connectivity index (χ0) is 45.8. The van der Waals surface area contributed by atoms with Gasteiger partial charge in [-0.3, -0.25) is 0 Å². The Bertz CT molecular complexity index is 2900. The van der Waals surface area contributed by atoms with Crippen molar-refractivity contribution in [1.29, 1.82) is 0 Å². The summed E-state index contributed by atoms with van der Waals surface area (Å²) in [7, 11) is -23.9. The Hall–Kier alpha value is -4.35. The number of rotatable bonds is 19. The topological polar surface area (TPSA) is 286 Å². The highest BCUT2D eigenvalue weighted by Gasteiger charge is 2.28. The van der Waals surface area contributed by atoms with Gasteiger partial charge in [0.1, 0.15) is 50.6 Å². The van der Waals surface area contributed by atoms with E-state index in [2.05, 4.69) is 0 Å². The van der Waals surface area contributed by atoms with Crippen molar-refractivity contribution in [2.75, 3.05) is 0 Å². The zero-order valence-electron chi connectivity index (χ0n) is 33.1. The first-order valence-electron chi connectivity index (χ1n) is 19.0. The Balaban J connectivity index is 1.63. The van der Waals surface area contributed by atoms with Crippen LogP contribution in [0.1, 0.15) is 103 Å². The zero-order valence-corrected chi connectivity index (χ0v) is 37.2. The van der Waals surface area contributed by atoms with Gasteiger partial charge in [0.2, 0.25) is 0 Å². The lowest BCUT2D eigenvalue weighted by Gasteiger charge is -2.32. The van der Waals surface area contributed by atoms with E-state index in [1.54, 1.807) is 0 Å². The Morgan fingerprint density at radius 1 is 0.323 bits per heavy atom. The van der Waals surface area contributed by atoms with Crippen LogP contribution in [0.4, 0.5) is 0 Å². The normalized spacial score (nSPS) is 15.3. The molecule has 0 aromatic heterocycles. The lowest BCUT2D eigenvalue weighted by Crippen LogP contribution is -2.15. The third-order valence-electron chi connectivity index (χ3n) is 11.1. The summed E-state index contributed by atoms with van der Waals surface area (Å²) in [4.78, 5) is -2.26. The first kappa shape index (κ1) is 48.7. The molecule has 0 aliphatic rings. The van der Waals surface area contributed by atoms with Crippen LogP contribution in [-0.2, 0) is 50.6 Å². The van der Waals surface area contributed by atoms with E-state index in [1.807, 2.05) is 13.8 Å². The van der Waals surface area contributed by atoms with Gasteiger partial charge in [0.05, 0.1) is 24.5 Å². The van der Waals surface area contributed by atoms with Crippen molar-refractivity contribution < 1.29 is 64.9 Å². The molecule has 0 amide bonds. The second-order valence-corrected chi connectivity index (χ2v) is 22.1. The summed E-state index contributed by atoms with van der Waals surface area (Å²) in [6.45, 7) is 3.76. The Morgan fingerprint density at radius 3 is 0.742 bits per heavy atom. The number of hydrogen-bond acceptors (Lipinski definition) is 15. The molecule has 5 rings (SSSR count). The number of hydrogen-bond donors (Lipinski definition) is 0. The molecular formula is C42H41O15S5-5. The molecule has 62 heavy (non-hydrogen) atoms. The van der Waals surface area contributed by atoms with Gasteiger partial charge < -0.3 is 22.8 Å². The standard InChI is InChI=1S/C42H46O15S5/c1-3-29(31-6-16-39(17-7-31)59(46,47)48)25-36(33-10-20-41(21-11-33)61(52,53)54)27-37(34-12-22-42(23-13-34)62(55,56)57)26-35(32-8-18-40(19-9-32)60(49,50)51)24-28(2)30-4-14-38(15-5-30)58(43,44)45/h4-23,28-29,35-37H,3,24-27H2,1-2H3,(H,43,44,45)(H,46,47,48)(H,49,50,51)(H,52,53,54)(H,55,56,57)/p-5. The average Bonchev–Trinajstić information content (AvgIpc) is 3.20. The molecular weight excluding hydrogens is 905 g/mol. The molecule has 0 aliphatic carbocycles. The molecule has 15 nitrogen and oxygen atoms in total. The summed E-state index contributed by atoms with van der Waals surface area (Å²) >= 11 is 0. The maximum absolute atomic E-state index is 11.9. The second-order valence-electron chi connectivity index (χ2n) is 15.2. The molecule has 334 valence electrons. The van der Waals surface area contributed by atoms with E-state index in [0.29, 0.717) is 47.1 Å². The molecule has 0 bridgehead atoms. The van der Waals surface area contributed by atoms with Crippen LogP contribution in [0.25, 0.3) is 0 Å². The van der Waals surface area contributed by atoms with Gasteiger partial charge >= 0.3 is 0 Å². The fraction of sp³-hybridized carbons (Fsp3) is 0.286. The Labute approximate surface area is 362 Å². The molecule has 0 N–H and O–H groups in total. The highest BCUT2D eigenvalue weighted by Crippen LogP contribution is 2.45. The minimum absolute atomic E-state index is 0.265. The summed E-state index contributed by atoms with van der Waals surface area (Å²) in [5, 5.41) is 0. The van der Waals surface area contributed by atoms with E-state index in [1.165, 1.54) is 121 Å².